The molecule has 0 saturated heterocycles. The van der Waals surface area contributed by atoms with E-state index in [9.17, 15) is 10.1 Å². The molecule has 0 aliphatic heterocycles. The molecule has 1 amide bonds. The fourth-order valence-electron chi connectivity index (χ4n) is 3.08. The van der Waals surface area contributed by atoms with Crippen molar-refractivity contribution in [1.29, 1.82) is 5.26 Å². The number of nitrogens with zero attached hydrogens (tertiary/aromatic N) is 1. The lowest BCUT2D eigenvalue weighted by molar-refractivity contribution is -0.122. The molecular formula is C18H24N2O. The van der Waals surface area contributed by atoms with Gasteiger partial charge in [-0.3, -0.25) is 4.79 Å². The normalized spacial score (nSPS) is 25.0. The highest BCUT2D eigenvalue weighted by molar-refractivity contribution is 5.77. The largest absolute Gasteiger partial charge is 0.338 e. The first-order valence-corrected chi connectivity index (χ1v) is 7.93. The summed E-state index contributed by atoms with van der Waals surface area (Å²) in [5.74, 6) is 0.711. The molecule has 3 nitrogen and oxygen atoms in total. The van der Waals surface area contributed by atoms with Crippen LogP contribution < -0.4 is 5.32 Å². The minimum Gasteiger partial charge on any atom is -0.338 e. The number of carbonyl (C=O) groups is 1. The van der Waals surface area contributed by atoms with Crippen LogP contribution in [0.5, 0.6) is 0 Å². The van der Waals surface area contributed by atoms with E-state index in [0.29, 0.717) is 12.3 Å². The Bertz CT molecular complexity index is 496. The van der Waals surface area contributed by atoms with E-state index in [4.69, 9.17) is 0 Å². The zero-order chi connectivity index (χ0) is 15.1. The van der Waals surface area contributed by atoms with Gasteiger partial charge in [0.15, 0.2) is 0 Å². The molecule has 21 heavy (non-hydrogen) atoms. The minimum atomic E-state index is -0.626. The lowest BCUT2D eigenvalue weighted by atomic mass is 9.76. The van der Waals surface area contributed by atoms with Gasteiger partial charge in [0.25, 0.3) is 0 Å². The average molecular weight is 284 g/mol. The first-order valence-electron chi connectivity index (χ1n) is 7.93. The number of amides is 1. The van der Waals surface area contributed by atoms with Crippen LogP contribution >= 0.6 is 0 Å². The van der Waals surface area contributed by atoms with E-state index >= 15 is 0 Å². The fourth-order valence-corrected chi connectivity index (χ4v) is 3.08. The predicted octanol–water partition coefficient (Wildman–Crippen LogP) is 3.60. The molecule has 1 N–H and O–H groups in total. The SMILES string of the molecule is CCC1CCC(C#N)(NC(=O)CCc2ccccc2)CC1. The van der Waals surface area contributed by atoms with Gasteiger partial charge in [-0.2, -0.15) is 5.26 Å². The summed E-state index contributed by atoms with van der Waals surface area (Å²) in [6.07, 6.45) is 6.02. The molecule has 0 unspecified atom stereocenters. The summed E-state index contributed by atoms with van der Waals surface area (Å²) in [6.45, 7) is 2.20. The number of rotatable bonds is 5. The molecule has 3 heteroatoms. The smallest absolute Gasteiger partial charge is 0.221 e. The van der Waals surface area contributed by atoms with Gasteiger partial charge in [0.2, 0.25) is 5.91 Å². The van der Waals surface area contributed by atoms with Crippen molar-refractivity contribution in [3.05, 3.63) is 35.9 Å². The third-order valence-corrected chi connectivity index (χ3v) is 4.61. The molecule has 2 rings (SSSR count). The molecule has 0 spiro atoms. The summed E-state index contributed by atoms with van der Waals surface area (Å²) in [5, 5.41) is 12.5. The van der Waals surface area contributed by atoms with Gasteiger partial charge >= 0.3 is 0 Å². The van der Waals surface area contributed by atoms with Crippen LogP contribution in [0.15, 0.2) is 30.3 Å². The Kier molecular flexibility index (Phi) is 5.38. The monoisotopic (exact) mass is 284 g/mol. The van der Waals surface area contributed by atoms with E-state index < -0.39 is 5.54 Å². The van der Waals surface area contributed by atoms with Crippen LogP contribution in [0.4, 0.5) is 0 Å². The Balaban J connectivity index is 1.85. The molecule has 1 aromatic carbocycles. The van der Waals surface area contributed by atoms with Crippen LogP contribution in [0.1, 0.15) is 51.0 Å². The molecule has 0 bridgehead atoms. The molecule has 1 aromatic rings. The van der Waals surface area contributed by atoms with E-state index in [1.165, 1.54) is 6.42 Å². The summed E-state index contributed by atoms with van der Waals surface area (Å²) in [7, 11) is 0. The molecular weight excluding hydrogens is 260 g/mol. The predicted molar refractivity (Wildman–Crippen MR) is 83.5 cm³/mol. The zero-order valence-corrected chi connectivity index (χ0v) is 12.8. The van der Waals surface area contributed by atoms with Crippen molar-refractivity contribution in [2.45, 2.75) is 57.4 Å². The lowest BCUT2D eigenvalue weighted by Crippen LogP contribution is -2.49. The van der Waals surface area contributed by atoms with Crippen LogP contribution in [0.2, 0.25) is 0 Å². The third-order valence-electron chi connectivity index (χ3n) is 4.61. The van der Waals surface area contributed by atoms with Gasteiger partial charge in [-0.25, -0.2) is 0 Å². The number of hydrogen-bond acceptors (Lipinski definition) is 2. The first-order chi connectivity index (χ1) is 10.2. The number of nitrogens with one attached hydrogen (secondary N) is 1. The lowest BCUT2D eigenvalue weighted by Gasteiger charge is -2.35. The van der Waals surface area contributed by atoms with E-state index in [1.54, 1.807) is 0 Å². The van der Waals surface area contributed by atoms with Gasteiger partial charge in [-0.05, 0) is 43.6 Å². The summed E-state index contributed by atoms with van der Waals surface area (Å²) >= 11 is 0. The molecule has 1 aliphatic carbocycles. The second-order valence-electron chi connectivity index (χ2n) is 6.08. The Morgan fingerprint density at radius 1 is 1.33 bits per heavy atom. The van der Waals surface area contributed by atoms with E-state index in [1.807, 2.05) is 30.3 Å². The van der Waals surface area contributed by atoms with Crippen molar-refractivity contribution < 1.29 is 4.79 Å². The first kappa shape index (κ1) is 15.6. The average Bonchev–Trinajstić information content (AvgIpc) is 2.54. The second kappa shape index (κ2) is 7.26. The van der Waals surface area contributed by atoms with E-state index in [0.717, 1.165) is 37.7 Å². The maximum atomic E-state index is 12.1. The molecule has 0 atom stereocenters. The van der Waals surface area contributed by atoms with Crippen LogP contribution in [0, 0.1) is 17.2 Å². The standard InChI is InChI=1S/C18H24N2O/c1-2-15-10-12-18(14-19,13-11-15)20-17(21)9-8-16-6-4-3-5-7-16/h3-7,15H,2,8-13H2,1H3,(H,20,21). The maximum Gasteiger partial charge on any atom is 0.221 e. The van der Waals surface area contributed by atoms with Crippen LogP contribution in [0.25, 0.3) is 0 Å². The second-order valence-corrected chi connectivity index (χ2v) is 6.08. The van der Waals surface area contributed by atoms with Crippen molar-refractivity contribution >= 4 is 5.91 Å². The highest BCUT2D eigenvalue weighted by Gasteiger charge is 2.36. The van der Waals surface area contributed by atoms with Crippen LogP contribution in [-0.2, 0) is 11.2 Å². The van der Waals surface area contributed by atoms with Crippen molar-refractivity contribution in [2.75, 3.05) is 0 Å². The van der Waals surface area contributed by atoms with Gasteiger partial charge in [0.1, 0.15) is 5.54 Å². The molecule has 0 aromatic heterocycles. The number of hydrogen-bond donors (Lipinski definition) is 1. The van der Waals surface area contributed by atoms with Crippen molar-refractivity contribution in [1.82, 2.24) is 5.32 Å². The van der Waals surface area contributed by atoms with Gasteiger partial charge in [-0.1, -0.05) is 43.7 Å². The molecule has 0 heterocycles. The maximum absolute atomic E-state index is 12.1. The number of aryl methyl sites for hydroxylation is 1. The van der Waals surface area contributed by atoms with Gasteiger partial charge < -0.3 is 5.32 Å². The Morgan fingerprint density at radius 2 is 2.00 bits per heavy atom. The van der Waals surface area contributed by atoms with Gasteiger partial charge in [-0.15, -0.1) is 0 Å². The van der Waals surface area contributed by atoms with E-state index in [2.05, 4.69) is 18.3 Å². The summed E-state index contributed by atoms with van der Waals surface area (Å²) in [4.78, 5) is 12.1. The summed E-state index contributed by atoms with van der Waals surface area (Å²) in [6, 6.07) is 12.4. The minimum absolute atomic E-state index is 0.00430. The summed E-state index contributed by atoms with van der Waals surface area (Å²) < 4.78 is 0. The fraction of sp³-hybridized carbons (Fsp3) is 0.556. The Morgan fingerprint density at radius 3 is 2.57 bits per heavy atom. The molecule has 1 aliphatic rings. The van der Waals surface area contributed by atoms with Gasteiger partial charge in [0, 0.05) is 6.42 Å². The molecule has 112 valence electrons. The topological polar surface area (TPSA) is 52.9 Å². The Labute approximate surface area is 127 Å². The molecule has 0 radical (unpaired) electrons. The zero-order valence-electron chi connectivity index (χ0n) is 12.8. The van der Waals surface area contributed by atoms with E-state index in [-0.39, 0.29) is 5.91 Å². The number of nitriles is 1. The van der Waals surface area contributed by atoms with Crippen molar-refractivity contribution in [3.63, 3.8) is 0 Å². The number of benzene rings is 1. The summed E-state index contributed by atoms with van der Waals surface area (Å²) in [5.41, 5.74) is 0.535. The molecule has 1 fully saturated rings. The van der Waals surface area contributed by atoms with Crippen LogP contribution in [-0.4, -0.2) is 11.4 Å². The Hall–Kier alpha value is -1.82. The number of carbonyl (C=O) groups excluding carboxylic acids is 1. The van der Waals surface area contributed by atoms with Crippen LogP contribution in [0.3, 0.4) is 0 Å². The van der Waals surface area contributed by atoms with Gasteiger partial charge in [0.05, 0.1) is 6.07 Å². The molecule has 1 saturated carbocycles. The highest BCUT2D eigenvalue weighted by Crippen LogP contribution is 2.33. The third kappa shape index (κ3) is 4.32. The van der Waals surface area contributed by atoms with Crippen molar-refractivity contribution in [2.24, 2.45) is 5.92 Å². The van der Waals surface area contributed by atoms with Crippen molar-refractivity contribution in [3.8, 4) is 6.07 Å². The highest BCUT2D eigenvalue weighted by atomic mass is 16.1. The quantitative estimate of drug-likeness (QED) is 0.898.